The molecular weight excluding hydrogens is 470 g/mol. The molecule has 2 amide bonds. The van der Waals surface area contributed by atoms with Crippen molar-refractivity contribution in [1.29, 1.82) is 0 Å². The van der Waals surface area contributed by atoms with Crippen LogP contribution in [0, 0.1) is 0 Å². The molecule has 1 aliphatic heterocycles. The maximum absolute atomic E-state index is 13.4. The summed E-state index contributed by atoms with van der Waals surface area (Å²) in [6.45, 7) is 1.17. The number of amides is 2. The molecule has 1 aromatic heterocycles. The Kier molecular flexibility index (Phi) is 6.55. The van der Waals surface area contributed by atoms with Crippen LogP contribution in [0.4, 0.5) is 0 Å². The van der Waals surface area contributed by atoms with Crippen molar-refractivity contribution in [2.45, 2.75) is 0 Å². The predicted molar refractivity (Wildman–Crippen MR) is 138 cm³/mol. The van der Waals surface area contributed by atoms with E-state index >= 15 is 0 Å². The summed E-state index contributed by atoms with van der Waals surface area (Å²) in [5.74, 6) is -1.40. The molecule has 5 rings (SSSR count). The van der Waals surface area contributed by atoms with E-state index in [-0.39, 0.29) is 30.5 Å². The van der Waals surface area contributed by atoms with Gasteiger partial charge in [0.1, 0.15) is 5.75 Å². The molecule has 1 aliphatic rings. The van der Waals surface area contributed by atoms with Gasteiger partial charge in [0.2, 0.25) is 0 Å². The Morgan fingerprint density at radius 1 is 0.676 bits per heavy atom. The molecule has 0 bridgehead atoms. The summed E-state index contributed by atoms with van der Waals surface area (Å²) >= 11 is 0. The van der Waals surface area contributed by atoms with Gasteiger partial charge in [-0.25, -0.2) is 0 Å². The number of methoxy groups -OCH3 is 1. The van der Waals surface area contributed by atoms with E-state index in [1.165, 1.54) is 22.8 Å². The lowest BCUT2D eigenvalue weighted by molar-refractivity contribution is -0.127. The monoisotopic (exact) mass is 495 g/mol. The number of hydrogen-bond donors (Lipinski definition) is 0. The van der Waals surface area contributed by atoms with E-state index in [9.17, 15) is 19.2 Å². The summed E-state index contributed by atoms with van der Waals surface area (Å²) in [5, 5.41) is 0.516. The number of carbonyl (C=O) groups excluding carboxylic acids is 4. The quantitative estimate of drug-likeness (QED) is 0.312. The Bertz CT molecular complexity index is 1500. The minimum absolute atomic E-state index is 0.100. The number of carbonyl (C=O) groups is 4. The third-order valence-electron chi connectivity index (χ3n) is 6.58. The van der Waals surface area contributed by atoms with Gasteiger partial charge in [-0.05, 0) is 30.3 Å². The van der Waals surface area contributed by atoms with Crippen LogP contribution in [0.3, 0.4) is 0 Å². The number of aromatic nitrogens is 1. The molecule has 0 aliphatic carbocycles. The van der Waals surface area contributed by atoms with Crippen LogP contribution < -0.4 is 4.74 Å². The molecule has 37 heavy (non-hydrogen) atoms. The third-order valence-corrected chi connectivity index (χ3v) is 6.58. The Morgan fingerprint density at radius 2 is 1.30 bits per heavy atom. The summed E-state index contributed by atoms with van der Waals surface area (Å²) in [5.41, 5.74) is 1.61. The molecule has 0 saturated carbocycles. The highest BCUT2D eigenvalue weighted by atomic mass is 16.5. The van der Waals surface area contributed by atoms with E-state index in [0.29, 0.717) is 40.9 Å². The first-order valence-corrected chi connectivity index (χ1v) is 12.0. The lowest BCUT2D eigenvalue weighted by atomic mass is 10.1. The lowest BCUT2D eigenvalue weighted by Gasteiger charge is -2.34. The van der Waals surface area contributed by atoms with Crippen molar-refractivity contribution >= 4 is 34.4 Å². The molecule has 3 aromatic carbocycles. The van der Waals surface area contributed by atoms with Crippen molar-refractivity contribution in [3.05, 3.63) is 102 Å². The Morgan fingerprint density at radius 3 is 2.03 bits per heavy atom. The predicted octanol–water partition coefficient (Wildman–Crippen LogP) is 3.51. The SMILES string of the molecule is COc1ccccc1C(=O)n1cc(C(=O)C(=O)N2CCN(C(=O)c3ccccc3)CC2)c2ccccc21. The van der Waals surface area contributed by atoms with Crippen LogP contribution in [0.2, 0.25) is 0 Å². The van der Waals surface area contributed by atoms with Crippen LogP contribution in [-0.4, -0.2) is 71.2 Å². The first-order chi connectivity index (χ1) is 18.0. The van der Waals surface area contributed by atoms with Gasteiger partial charge in [0.25, 0.3) is 23.5 Å². The molecule has 0 N–H and O–H groups in total. The summed E-state index contributed by atoms with van der Waals surface area (Å²) in [6.07, 6.45) is 1.43. The minimum Gasteiger partial charge on any atom is -0.496 e. The Balaban J connectivity index is 1.37. The molecule has 8 heteroatoms. The van der Waals surface area contributed by atoms with Crippen molar-refractivity contribution in [1.82, 2.24) is 14.4 Å². The Labute approximate surface area is 213 Å². The highest BCUT2D eigenvalue weighted by Crippen LogP contribution is 2.26. The van der Waals surface area contributed by atoms with Gasteiger partial charge in [-0.2, -0.15) is 0 Å². The van der Waals surface area contributed by atoms with Crippen molar-refractivity contribution in [3.63, 3.8) is 0 Å². The molecule has 186 valence electrons. The molecule has 4 aromatic rings. The molecule has 1 saturated heterocycles. The van der Waals surface area contributed by atoms with E-state index in [1.807, 2.05) is 6.07 Å². The van der Waals surface area contributed by atoms with Crippen LogP contribution in [0.25, 0.3) is 10.9 Å². The second-order valence-electron chi connectivity index (χ2n) is 8.71. The van der Waals surface area contributed by atoms with Crippen LogP contribution in [-0.2, 0) is 4.79 Å². The van der Waals surface area contributed by atoms with Crippen LogP contribution >= 0.6 is 0 Å². The second-order valence-corrected chi connectivity index (χ2v) is 8.71. The van der Waals surface area contributed by atoms with Gasteiger partial charge in [0.05, 0.1) is 23.8 Å². The fourth-order valence-electron chi connectivity index (χ4n) is 4.61. The van der Waals surface area contributed by atoms with Crippen molar-refractivity contribution in [2.75, 3.05) is 33.3 Å². The normalized spacial score (nSPS) is 13.4. The van der Waals surface area contributed by atoms with Gasteiger partial charge >= 0.3 is 0 Å². The lowest BCUT2D eigenvalue weighted by Crippen LogP contribution is -2.52. The number of piperazine rings is 1. The maximum Gasteiger partial charge on any atom is 0.295 e. The van der Waals surface area contributed by atoms with E-state index in [4.69, 9.17) is 4.74 Å². The highest BCUT2D eigenvalue weighted by molar-refractivity contribution is 6.45. The second kappa shape index (κ2) is 10.1. The zero-order chi connectivity index (χ0) is 25.9. The maximum atomic E-state index is 13.4. The van der Waals surface area contributed by atoms with Crippen LogP contribution in [0.1, 0.15) is 31.1 Å². The van der Waals surface area contributed by atoms with Crippen molar-refractivity contribution in [3.8, 4) is 5.75 Å². The number of fused-ring (bicyclic) bond motifs is 1. The number of nitrogens with zero attached hydrogens (tertiary/aromatic N) is 3. The molecule has 0 atom stereocenters. The first-order valence-electron chi connectivity index (χ1n) is 12.0. The van der Waals surface area contributed by atoms with Crippen LogP contribution in [0.15, 0.2) is 85.1 Å². The number of ketones is 1. The van der Waals surface area contributed by atoms with Gasteiger partial charge in [-0.1, -0.05) is 48.5 Å². The van der Waals surface area contributed by atoms with Crippen molar-refractivity contribution < 1.29 is 23.9 Å². The van der Waals surface area contributed by atoms with E-state index < -0.39 is 11.7 Å². The van der Waals surface area contributed by atoms with Crippen molar-refractivity contribution in [2.24, 2.45) is 0 Å². The highest BCUT2D eigenvalue weighted by Gasteiger charge is 2.31. The minimum atomic E-state index is -0.689. The average molecular weight is 496 g/mol. The first kappa shape index (κ1) is 24.0. The van der Waals surface area contributed by atoms with Gasteiger partial charge in [-0.3, -0.25) is 23.7 Å². The molecule has 0 unspecified atom stereocenters. The number of rotatable bonds is 5. The number of para-hydroxylation sites is 2. The van der Waals surface area contributed by atoms with Gasteiger partial charge in [0, 0.05) is 43.3 Å². The number of hydrogen-bond acceptors (Lipinski definition) is 5. The van der Waals surface area contributed by atoms with Gasteiger partial charge in [-0.15, -0.1) is 0 Å². The largest absolute Gasteiger partial charge is 0.496 e. The summed E-state index contributed by atoms with van der Waals surface area (Å²) in [7, 11) is 1.49. The summed E-state index contributed by atoms with van der Waals surface area (Å²) in [6, 6.07) is 22.8. The zero-order valence-corrected chi connectivity index (χ0v) is 20.3. The molecular formula is C29H25N3O5. The van der Waals surface area contributed by atoms with E-state index in [1.54, 1.807) is 77.7 Å². The van der Waals surface area contributed by atoms with E-state index in [2.05, 4.69) is 0 Å². The smallest absolute Gasteiger partial charge is 0.295 e. The topological polar surface area (TPSA) is 88.9 Å². The molecule has 0 spiro atoms. The number of Topliss-reactive ketones (excluding diaryl/α,β-unsaturated/α-hetero) is 1. The fraction of sp³-hybridized carbons (Fsp3) is 0.172. The van der Waals surface area contributed by atoms with Gasteiger partial charge in [0.15, 0.2) is 0 Å². The molecule has 0 radical (unpaired) electrons. The van der Waals surface area contributed by atoms with Crippen LogP contribution in [0.5, 0.6) is 5.75 Å². The Hall–Kier alpha value is -4.72. The number of ether oxygens (including phenoxy) is 1. The molecule has 2 heterocycles. The number of benzene rings is 3. The summed E-state index contributed by atoms with van der Waals surface area (Å²) in [4.78, 5) is 55.8. The fourth-order valence-corrected chi connectivity index (χ4v) is 4.61. The van der Waals surface area contributed by atoms with Gasteiger partial charge < -0.3 is 14.5 Å². The zero-order valence-electron chi connectivity index (χ0n) is 20.3. The molecule has 8 nitrogen and oxygen atoms in total. The molecule has 1 fully saturated rings. The van der Waals surface area contributed by atoms with E-state index in [0.717, 1.165) is 0 Å². The summed E-state index contributed by atoms with van der Waals surface area (Å²) < 4.78 is 6.71. The third kappa shape index (κ3) is 4.49. The standard InChI is InChI=1S/C29H25N3O5/c1-37-25-14-8-6-12-22(25)28(35)32-19-23(21-11-5-7-13-24(21)32)26(33)29(36)31-17-15-30(16-18-31)27(34)20-9-3-2-4-10-20/h2-14,19H,15-18H2,1H3. The average Bonchev–Trinajstić information content (AvgIpc) is 3.36.